The third-order valence-electron chi connectivity index (χ3n) is 4.36. The van der Waals surface area contributed by atoms with E-state index in [2.05, 4.69) is 0 Å². The van der Waals surface area contributed by atoms with E-state index in [0.29, 0.717) is 5.78 Å². The Morgan fingerprint density at radius 2 is 2.00 bits per heavy atom. The van der Waals surface area contributed by atoms with Crippen molar-refractivity contribution in [3.8, 4) is 5.75 Å². The number of aryl methyl sites for hydroxylation is 1. The summed E-state index contributed by atoms with van der Waals surface area (Å²) in [5.41, 5.74) is 1.88. The molecule has 0 unspecified atom stereocenters. The van der Waals surface area contributed by atoms with Gasteiger partial charge in [0.25, 0.3) is 0 Å². The van der Waals surface area contributed by atoms with Crippen LogP contribution in [0.4, 0.5) is 0 Å². The minimum Gasteiger partial charge on any atom is -0.497 e. The second-order valence-electron chi connectivity index (χ2n) is 5.24. The van der Waals surface area contributed by atoms with Gasteiger partial charge in [-0.2, -0.15) is 0 Å². The monoisotopic (exact) mass is 246 g/mol. The molecule has 1 aliphatic carbocycles. The molecule has 1 saturated heterocycles. The largest absolute Gasteiger partial charge is 0.497 e. The van der Waals surface area contributed by atoms with Crippen LogP contribution < -0.4 is 4.74 Å². The van der Waals surface area contributed by atoms with Crippen molar-refractivity contribution in [1.82, 2.24) is 0 Å². The molecule has 0 N–H and O–H groups in total. The standard InChI is InChI=1S/C15H18O3/c1-17-12-2-3-13-11(10-12)4-5-15(14(13)16)6-8-18-9-7-15/h2-3,10H,4-9H2,1H3. The molecule has 1 aromatic rings. The highest BCUT2D eigenvalue weighted by molar-refractivity contribution is 6.03. The molecule has 0 saturated carbocycles. The lowest BCUT2D eigenvalue weighted by molar-refractivity contribution is 0.0117. The lowest BCUT2D eigenvalue weighted by atomic mass is 9.66. The topological polar surface area (TPSA) is 35.5 Å². The Hall–Kier alpha value is -1.35. The summed E-state index contributed by atoms with van der Waals surface area (Å²) in [7, 11) is 1.66. The minimum atomic E-state index is -0.153. The van der Waals surface area contributed by atoms with E-state index in [1.54, 1.807) is 7.11 Å². The molecule has 1 heterocycles. The molecule has 1 aliphatic heterocycles. The Labute approximate surface area is 107 Å². The molecule has 0 aromatic heterocycles. The summed E-state index contributed by atoms with van der Waals surface area (Å²) in [6.45, 7) is 1.44. The van der Waals surface area contributed by atoms with Crippen molar-refractivity contribution in [2.45, 2.75) is 25.7 Å². The summed E-state index contributed by atoms with van der Waals surface area (Å²) in [6, 6.07) is 5.81. The smallest absolute Gasteiger partial charge is 0.169 e. The zero-order valence-corrected chi connectivity index (χ0v) is 10.7. The molecule has 1 spiro atoms. The van der Waals surface area contributed by atoms with E-state index < -0.39 is 0 Å². The second kappa shape index (κ2) is 4.39. The van der Waals surface area contributed by atoms with Gasteiger partial charge in [-0.1, -0.05) is 0 Å². The number of carbonyl (C=O) groups is 1. The highest BCUT2D eigenvalue weighted by atomic mass is 16.5. The molecular formula is C15H18O3. The van der Waals surface area contributed by atoms with Gasteiger partial charge in [-0.3, -0.25) is 4.79 Å². The lowest BCUT2D eigenvalue weighted by Crippen LogP contribution is -2.40. The van der Waals surface area contributed by atoms with Gasteiger partial charge in [-0.15, -0.1) is 0 Å². The fourth-order valence-electron chi connectivity index (χ4n) is 3.14. The molecule has 18 heavy (non-hydrogen) atoms. The van der Waals surface area contributed by atoms with Gasteiger partial charge in [0.1, 0.15) is 5.75 Å². The summed E-state index contributed by atoms with van der Waals surface area (Å²) < 4.78 is 10.6. The number of methoxy groups -OCH3 is 1. The average molecular weight is 246 g/mol. The summed E-state index contributed by atoms with van der Waals surface area (Å²) >= 11 is 0. The summed E-state index contributed by atoms with van der Waals surface area (Å²) in [6.07, 6.45) is 3.67. The number of hydrogen-bond acceptors (Lipinski definition) is 3. The number of ketones is 1. The van der Waals surface area contributed by atoms with E-state index in [-0.39, 0.29) is 5.41 Å². The molecule has 3 nitrogen and oxygen atoms in total. The first-order chi connectivity index (χ1) is 8.75. The predicted octanol–water partition coefficient (Wildman–Crippen LogP) is 2.62. The maximum Gasteiger partial charge on any atom is 0.169 e. The van der Waals surface area contributed by atoms with Crippen molar-refractivity contribution in [3.05, 3.63) is 29.3 Å². The highest BCUT2D eigenvalue weighted by Crippen LogP contribution is 2.43. The fourth-order valence-corrected chi connectivity index (χ4v) is 3.14. The van der Waals surface area contributed by atoms with Crippen molar-refractivity contribution in [2.75, 3.05) is 20.3 Å². The number of carbonyl (C=O) groups excluding carboxylic acids is 1. The first kappa shape index (κ1) is 11.7. The van der Waals surface area contributed by atoms with Crippen molar-refractivity contribution in [2.24, 2.45) is 5.41 Å². The Balaban J connectivity index is 1.96. The van der Waals surface area contributed by atoms with Crippen LogP contribution in [0.5, 0.6) is 5.75 Å². The molecule has 0 amide bonds. The number of hydrogen-bond donors (Lipinski definition) is 0. The summed E-state index contributed by atoms with van der Waals surface area (Å²) in [4.78, 5) is 12.7. The van der Waals surface area contributed by atoms with Crippen LogP contribution in [-0.2, 0) is 11.2 Å². The first-order valence-corrected chi connectivity index (χ1v) is 6.55. The maximum atomic E-state index is 12.7. The van der Waals surface area contributed by atoms with E-state index in [1.807, 2.05) is 18.2 Å². The molecule has 0 radical (unpaired) electrons. The maximum absolute atomic E-state index is 12.7. The van der Waals surface area contributed by atoms with Crippen LogP contribution in [0.25, 0.3) is 0 Å². The SMILES string of the molecule is COc1ccc2c(c1)CCC1(CCOCC1)C2=O. The number of Topliss-reactive ketones (excluding diaryl/α,β-unsaturated/α-hetero) is 1. The molecular weight excluding hydrogens is 228 g/mol. The molecule has 0 bridgehead atoms. The number of benzene rings is 1. The van der Waals surface area contributed by atoms with E-state index in [4.69, 9.17) is 9.47 Å². The number of ether oxygens (including phenoxy) is 2. The third-order valence-corrected chi connectivity index (χ3v) is 4.36. The van der Waals surface area contributed by atoms with Crippen molar-refractivity contribution in [3.63, 3.8) is 0 Å². The average Bonchev–Trinajstić information content (AvgIpc) is 2.44. The van der Waals surface area contributed by atoms with Crippen LogP contribution in [0.3, 0.4) is 0 Å². The van der Waals surface area contributed by atoms with Gasteiger partial charge in [0.05, 0.1) is 7.11 Å². The normalized spacial score (nSPS) is 21.7. The van der Waals surface area contributed by atoms with E-state index in [9.17, 15) is 4.79 Å². The van der Waals surface area contributed by atoms with Crippen LogP contribution in [0, 0.1) is 5.41 Å². The Kier molecular flexibility index (Phi) is 2.86. The van der Waals surface area contributed by atoms with Gasteiger partial charge in [0.2, 0.25) is 0 Å². The zero-order chi connectivity index (χ0) is 12.6. The second-order valence-corrected chi connectivity index (χ2v) is 5.24. The highest BCUT2D eigenvalue weighted by Gasteiger charge is 2.43. The van der Waals surface area contributed by atoms with E-state index in [1.165, 1.54) is 0 Å². The van der Waals surface area contributed by atoms with Gasteiger partial charge in [-0.25, -0.2) is 0 Å². The Morgan fingerprint density at radius 1 is 1.22 bits per heavy atom. The number of rotatable bonds is 1. The van der Waals surface area contributed by atoms with E-state index in [0.717, 1.165) is 55.8 Å². The van der Waals surface area contributed by atoms with Crippen LogP contribution in [0.15, 0.2) is 18.2 Å². The van der Waals surface area contributed by atoms with Gasteiger partial charge < -0.3 is 9.47 Å². The van der Waals surface area contributed by atoms with Gasteiger partial charge >= 0.3 is 0 Å². The molecule has 3 rings (SSSR count). The molecule has 96 valence electrons. The molecule has 3 heteroatoms. The molecule has 0 atom stereocenters. The minimum absolute atomic E-state index is 0.153. The first-order valence-electron chi connectivity index (χ1n) is 6.55. The predicted molar refractivity (Wildman–Crippen MR) is 68.1 cm³/mol. The molecule has 1 aromatic carbocycles. The number of fused-ring (bicyclic) bond motifs is 1. The van der Waals surface area contributed by atoms with Gasteiger partial charge in [0, 0.05) is 24.2 Å². The fraction of sp³-hybridized carbons (Fsp3) is 0.533. The van der Waals surface area contributed by atoms with E-state index >= 15 is 0 Å². The molecule has 2 aliphatic rings. The third kappa shape index (κ3) is 1.74. The molecule has 1 fully saturated rings. The van der Waals surface area contributed by atoms with Crippen LogP contribution in [0.2, 0.25) is 0 Å². The van der Waals surface area contributed by atoms with Gasteiger partial charge in [-0.05, 0) is 49.4 Å². The Morgan fingerprint density at radius 3 is 2.72 bits per heavy atom. The van der Waals surface area contributed by atoms with Crippen molar-refractivity contribution in [1.29, 1.82) is 0 Å². The zero-order valence-electron chi connectivity index (χ0n) is 10.7. The Bertz CT molecular complexity index is 473. The van der Waals surface area contributed by atoms with Crippen LogP contribution >= 0.6 is 0 Å². The van der Waals surface area contributed by atoms with Crippen LogP contribution in [0.1, 0.15) is 35.2 Å². The summed E-state index contributed by atoms with van der Waals surface area (Å²) in [5, 5.41) is 0. The van der Waals surface area contributed by atoms with Gasteiger partial charge in [0.15, 0.2) is 5.78 Å². The summed E-state index contributed by atoms with van der Waals surface area (Å²) in [5.74, 6) is 1.15. The lowest BCUT2D eigenvalue weighted by Gasteiger charge is -2.39. The quantitative estimate of drug-likeness (QED) is 0.764. The van der Waals surface area contributed by atoms with Crippen LogP contribution in [-0.4, -0.2) is 26.1 Å². The van der Waals surface area contributed by atoms with Crippen molar-refractivity contribution >= 4 is 5.78 Å². The van der Waals surface area contributed by atoms with Crippen molar-refractivity contribution < 1.29 is 14.3 Å².